The first-order valence-electron chi connectivity index (χ1n) is 16.1. The van der Waals surface area contributed by atoms with Gasteiger partial charge in [-0.15, -0.1) is 0 Å². The fourth-order valence-electron chi connectivity index (χ4n) is 6.07. The standard InChI is InChI=1S/C39H40N2O7/c1-27-7-6-10-29(23-27)26-47-32-14-11-30(12-15-32)37(42)35-36(41(39(44)38(35)43)18-17-40-19-21-46-22-20-40)31-13-16-33(34(24-31)45-2)48-25-28-8-4-3-5-9-28/h3-16,23-24,36,42H,17-22,25-26H2,1-2H3/b37-35+. The Balaban J connectivity index is 1.29. The van der Waals surface area contributed by atoms with E-state index in [9.17, 15) is 14.7 Å². The van der Waals surface area contributed by atoms with Crippen molar-refractivity contribution in [3.8, 4) is 17.2 Å². The van der Waals surface area contributed by atoms with Gasteiger partial charge in [0.2, 0.25) is 0 Å². The molecule has 248 valence electrons. The van der Waals surface area contributed by atoms with Gasteiger partial charge in [-0.05, 0) is 60.0 Å². The molecule has 6 rings (SSSR count). The molecule has 1 atom stereocenters. The maximum atomic E-state index is 13.7. The topological polar surface area (TPSA) is 97.8 Å². The Morgan fingerprint density at radius 3 is 2.27 bits per heavy atom. The molecular weight excluding hydrogens is 608 g/mol. The third-order valence-corrected chi connectivity index (χ3v) is 8.66. The number of carbonyl (C=O) groups excluding carboxylic acids is 2. The summed E-state index contributed by atoms with van der Waals surface area (Å²) < 4.78 is 23.2. The summed E-state index contributed by atoms with van der Waals surface area (Å²) in [5.41, 5.74) is 4.26. The molecule has 2 fully saturated rings. The molecule has 2 heterocycles. The van der Waals surface area contributed by atoms with E-state index in [1.54, 1.807) is 48.4 Å². The van der Waals surface area contributed by atoms with Crippen LogP contribution >= 0.6 is 0 Å². The summed E-state index contributed by atoms with van der Waals surface area (Å²) in [4.78, 5) is 31.0. The van der Waals surface area contributed by atoms with Gasteiger partial charge in [-0.1, -0.05) is 66.2 Å². The number of aliphatic hydroxyl groups excluding tert-OH is 1. The number of nitrogens with zero attached hydrogens (tertiary/aromatic N) is 2. The number of aliphatic hydroxyl groups is 1. The van der Waals surface area contributed by atoms with Gasteiger partial charge in [0, 0.05) is 31.7 Å². The van der Waals surface area contributed by atoms with E-state index in [0.717, 1.165) is 29.8 Å². The number of aryl methyl sites for hydroxylation is 1. The van der Waals surface area contributed by atoms with Crippen LogP contribution in [0, 0.1) is 6.92 Å². The van der Waals surface area contributed by atoms with E-state index in [-0.39, 0.29) is 11.3 Å². The molecule has 1 N–H and O–H groups in total. The fraction of sp³-hybridized carbons (Fsp3) is 0.282. The number of hydrogen-bond donors (Lipinski definition) is 1. The predicted octanol–water partition coefficient (Wildman–Crippen LogP) is 5.92. The number of carbonyl (C=O) groups is 2. The van der Waals surface area contributed by atoms with Crippen LogP contribution < -0.4 is 14.2 Å². The van der Waals surface area contributed by atoms with E-state index in [4.69, 9.17) is 18.9 Å². The first-order chi connectivity index (χ1) is 23.4. The van der Waals surface area contributed by atoms with Crippen molar-refractivity contribution in [3.63, 3.8) is 0 Å². The highest BCUT2D eigenvalue weighted by atomic mass is 16.5. The molecular formula is C39H40N2O7. The van der Waals surface area contributed by atoms with Gasteiger partial charge in [0.25, 0.3) is 11.7 Å². The summed E-state index contributed by atoms with van der Waals surface area (Å²) in [5, 5.41) is 11.7. The molecule has 0 radical (unpaired) electrons. The van der Waals surface area contributed by atoms with Crippen molar-refractivity contribution < 1.29 is 33.6 Å². The largest absolute Gasteiger partial charge is 0.507 e. The molecule has 0 bridgehead atoms. The van der Waals surface area contributed by atoms with Crippen molar-refractivity contribution in [3.05, 3.63) is 130 Å². The van der Waals surface area contributed by atoms with Crippen molar-refractivity contribution in [1.82, 2.24) is 9.80 Å². The number of morpholine rings is 1. The minimum Gasteiger partial charge on any atom is -0.507 e. The fourth-order valence-corrected chi connectivity index (χ4v) is 6.07. The number of rotatable bonds is 12. The van der Waals surface area contributed by atoms with E-state index < -0.39 is 17.7 Å². The highest BCUT2D eigenvalue weighted by molar-refractivity contribution is 6.46. The summed E-state index contributed by atoms with van der Waals surface area (Å²) in [5.74, 6) is -0.0416. The molecule has 4 aromatic carbocycles. The highest BCUT2D eigenvalue weighted by Gasteiger charge is 2.46. The monoisotopic (exact) mass is 648 g/mol. The zero-order valence-corrected chi connectivity index (χ0v) is 27.3. The van der Waals surface area contributed by atoms with Crippen LogP contribution in [0.4, 0.5) is 0 Å². The first-order valence-corrected chi connectivity index (χ1v) is 16.1. The molecule has 48 heavy (non-hydrogen) atoms. The number of hydrogen-bond acceptors (Lipinski definition) is 8. The number of benzene rings is 4. The van der Waals surface area contributed by atoms with Gasteiger partial charge in [0.05, 0.1) is 31.9 Å². The number of ketones is 1. The zero-order chi connectivity index (χ0) is 33.5. The van der Waals surface area contributed by atoms with Crippen LogP contribution in [0.3, 0.4) is 0 Å². The van der Waals surface area contributed by atoms with Gasteiger partial charge in [0.15, 0.2) is 11.5 Å². The van der Waals surface area contributed by atoms with Crippen molar-refractivity contribution in [2.24, 2.45) is 0 Å². The van der Waals surface area contributed by atoms with E-state index in [0.29, 0.717) is 67.9 Å². The van der Waals surface area contributed by atoms with Gasteiger partial charge in [-0.3, -0.25) is 14.5 Å². The normalized spacial score (nSPS) is 17.8. The summed E-state index contributed by atoms with van der Waals surface area (Å²) in [6, 6.07) is 29.3. The van der Waals surface area contributed by atoms with Crippen molar-refractivity contribution in [2.75, 3.05) is 46.5 Å². The lowest BCUT2D eigenvalue weighted by Crippen LogP contribution is -2.42. The van der Waals surface area contributed by atoms with Crippen LogP contribution in [0.25, 0.3) is 5.76 Å². The second-order valence-electron chi connectivity index (χ2n) is 11.9. The molecule has 2 aliphatic heterocycles. The molecule has 9 heteroatoms. The number of methoxy groups -OCH3 is 1. The van der Waals surface area contributed by atoms with Gasteiger partial charge in [-0.2, -0.15) is 0 Å². The minimum absolute atomic E-state index is 0.0235. The zero-order valence-electron chi connectivity index (χ0n) is 27.3. The molecule has 0 saturated carbocycles. The number of amides is 1. The second-order valence-corrected chi connectivity index (χ2v) is 11.9. The average Bonchev–Trinajstić information content (AvgIpc) is 3.38. The summed E-state index contributed by atoms with van der Waals surface area (Å²) in [6.07, 6.45) is 0. The van der Waals surface area contributed by atoms with Gasteiger partial charge in [0.1, 0.15) is 24.7 Å². The quantitative estimate of drug-likeness (QED) is 0.115. The molecule has 1 amide bonds. The van der Waals surface area contributed by atoms with Crippen molar-refractivity contribution >= 4 is 17.4 Å². The summed E-state index contributed by atoms with van der Waals surface area (Å²) in [6.45, 7) is 6.37. The van der Waals surface area contributed by atoms with Crippen LogP contribution in [0.15, 0.2) is 103 Å². The van der Waals surface area contributed by atoms with E-state index in [1.807, 2.05) is 61.5 Å². The van der Waals surface area contributed by atoms with Crippen molar-refractivity contribution in [2.45, 2.75) is 26.2 Å². The molecule has 0 aliphatic carbocycles. The van der Waals surface area contributed by atoms with Crippen LogP contribution in [0.2, 0.25) is 0 Å². The maximum absolute atomic E-state index is 13.7. The number of Topliss-reactive ketones (excluding diaryl/α,β-unsaturated/α-hetero) is 1. The summed E-state index contributed by atoms with van der Waals surface area (Å²) >= 11 is 0. The predicted molar refractivity (Wildman–Crippen MR) is 182 cm³/mol. The van der Waals surface area contributed by atoms with Crippen molar-refractivity contribution in [1.29, 1.82) is 0 Å². The second kappa shape index (κ2) is 15.2. The molecule has 0 spiro atoms. The Morgan fingerprint density at radius 1 is 0.812 bits per heavy atom. The molecule has 0 aromatic heterocycles. The average molecular weight is 649 g/mol. The SMILES string of the molecule is COc1cc(C2/C(=C(\O)c3ccc(OCc4cccc(C)c4)cc3)C(=O)C(=O)N2CCN2CCOCC2)ccc1OCc1ccccc1. The third kappa shape index (κ3) is 7.54. The van der Waals surface area contributed by atoms with Gasteiger partial charge >= 0.3 is 0 Å². The van der Waals surface area contributed by atoms with Gasteiger partial charge in [-0.25, -0.2) is 0 Å². The van der Waals surface area contributed by atoms with Crippen LogP contribution in [0.1, 0.15) is 33.9 Å². The molecule has 9 nitrogen and oxygen atoms in total. The van der Waals surface area contributed by atoms with Crippen LogP contribution in [-0.4, -0.2) is 73.1 Å². The van der Waals surface area contributed by atoms with E-state index >= 15 is 0 Å². The van der Waals surface area contributed by atoms with Crippen LogP contribution in [-0.2, 0) is 27.5 Å². The lowest BCUT2D eigenvalue weighted by atomic mass is 9.95. The Labute approximate surface area is 280 Å². The minimum atomic E-state index is -0.833. The third-order valence-electron chi connectivity index (χ3n) is 8.66. The Hall–Kier alpha value is -5.12. The first kappa shape index (κ1) is 32.8. The van der Waals surface area contributed by atoms with Crippen LogP contribution in [0.5, 0.6) is 17.2 Å². The van der Waals surface area contributed by atoms with E-state index in [2.05, 4.69) is 11.0 Å². The lowest BCUT2D eigenvalue weighted by Gasteiger charge is -2.31. The van der Waals surface area contributed by atoms with Gasteiger partial charge < -0.3 is 29.0 Å². The summed E-state index contributed by atoms with van der Waals surface area (Å²) in [7, 11) is 1.55. The number of likely N-dealkylation sites (tertiary alicyclic amines) is 1. The lowest BCUT2D eigenvalue weighted by molar-refractivity contribution is -0.140. The smallest absolute Gasteiger partial charge is 0.295 e. The molecule has 2 saturated heterocycles. The highest BCUT2D eigenvalue weighted by Crippen LogP contribution is 2.42. The number of ether oxygens (including phenoxy) is 4. The Morgan fingerprint density at radius 2 is 1.54 bits per heavy atom. The molecule has 1 unspecified atom stereocenters. The van der Waals surface area contributed by atoms with E-state index in [1.165, 1.54) is 0 Å². The maximum Gasteiger partial charge on any atom is 0.295 e. The Kier molecular flexibility index (Phi) is 10.4. The molecule has 4 aromatic rings. The Bertz CT molecular complexity index is 1770. The molecule has 2 aliphatic rings.